The zero-order valence-electron chi connectivity index (χ0n) is 7.50. The molecular weight excluding hydrogens is 188 g/mol. The lowest BCUT2D eigenvalue weighted by Crippen LogP contribution is -2.14. The summed E-state index contributed by atoms with van der Waals surface area (Å²) < 4.78 is 26.2. The summed E-state index contributed by atoms with van der Waals surface area (Å²) >= 11 is 0. The van der Waals surface area contributed by atoms with Crippen molar-refractivity contribution in [3.8, 4) is 5.75 Å². The van der Waals surface area contributed by atoms with Gasteiger partial charge in [0.2, 0.25) is 0 Å². The van der Waals surface area contributed by atoms with Gasteiger partial charge in [0, 0.05) is 17.7 Å². The van der Waals surface area contributed by atoms with E-state index < -0.39 is 23.4 Å². The van der Waals surface area contributed by atoms with Crippen molar-refractivity contribution < 1.29 is 13.9 Å². The molecule has 0 unspecified atom stereocenters. The van der Waals surface area contributed by atoms with Crippen LogP contribution in [0.4, 0.5) is 8.78 Å². The minimum absolute atomic E-state index is 0.155. The number of rotatable bonds is 2. The van der Waals surface area contributed by atoms with Crippen LogP contribution in [0.15, 0.2) is 12.1 Å². The highest BCUT2D eigenvalue weighted by Gasteiger charge is 2.31. The summed E-state index contributed by atoms with van der Waals surface area (Å²) in [6.07, 6.45) is 1.92. The molecule has 2 nitrogen and oxygen atoms in total. The van der Waals surface area contributed by atoms with Crippen LogP contribution in [0.2, 0.25) is 0 Å². The molecule has 0 aliphatic heterocycles. The third kappa shape index (κ3) is 1.57. The molecule has 1 aliphatic carbocycles. The molecule has 0 radical (unpaired) electrons. The normalized spacial score (nSPS) is 18.2. The molecule has 2 rings (SSSR count). The predicted molar refractivity (Wildman–Crippen MR) is 47.7 cm³/mol. The highest BCUT2D eigenvalue weighted by Crippen LogP contribution is 2.40. The van der Waals surface area contributed by atoms with Crippen LogP contribution in [0.1, 0.15) is 24.4 Å². The summed E-state index contributed by atoms with van der Waals surface area (Å²) in [6, 6.07) is 1.30. The summed E-state index contributed by atoms with van der Waals surface area (Å²) in [5.41, 5.74) is 5.89. The topological polar surface area (TPSA) is 46.2 Å². The van der Waals surface area contributed by atoms with Crippen LogP contribution in [0.5, 0.6) is 5.75 Å². The van der Waals surface area contributed by atoms with Gasteiger partial charge in [-0.25, -0.2) is 8.78 Å². The van der Waals surface area contributed by atoms with E-state index in [1.54, 1.807) is 0 Å². The lowest BCUT2D eigenvalue weighted by atomic mass is 10.0. The average Bonchev–Trinajstić information content (AvgIpc) is 2.93. The molecule has 0 spiro atoms. The first-order valence-corrected chi connectivity index (χ1v) is 4.53. The van der Waals surface area contributed by atoms with Gasteiger partial charge in [0.1, 0.15) is 5.82 Å². The van der Waals surface area contributed by atoms with E-state index in [1.165, 1.54) is 0 Å². The summed E-state index contributed by atoms with van der Waals surface area (Å²) in [6.45, 7) is 0. The van der Waals surface area contributed by atoms with Crippen molar-refractivity contribution in [1.29, 1.82) is 0 Å². The monoisotopic (exact) mass is 199 g/mol. The van der Waals surface area contributed by atoms with Gasteiger partial charge in [-0.3, -0.25) is 0 Å². The molecule has 0 saturated heterocycles. The Morgan fingerprint density at radius 3 is 2.50 bits per heavy atom. The van der Waals surface area contributed by atoms with Gasteiger partial charge in [-0.15, -0.1) is 0 Å². The zero-order chi connectivity index (χ0) is 10.3. The third-order valence-electron chi connectivity index (χ3n) is 2.56. The first kappa shape index (κ1) is 9.40. The SMILES string of the molecule is N[C@@H](c1cc(F)c(O)cc1F)C1CC1. The molecule has 1 aliphatic rings. The van der Waals surface area contributed by atoms with Gasteiger partial charge < -0.3 is 10.8 Å². The fourth-order valence-corrected chi connectivity index (χ4v) is 1.52. The smallest absolute Gasteiger partial charge is 0.165 e. The largest absolute Gasteiger partial charge is 0.505 e. The summed E-state index contributed by atoms with van der Waals surface area (Å²) in [4.78, 5) is 0. The van der Waals surface area contributed by atoms with Gasteiger partial charge in [0.25, 0.3) is 0 Å². The fourth-order valence-electron chi connectivity index (χ4n) is 1.52. The molecular formula is C10H11F2NO. The minimum Gasteiger partial charge on any atom is -0.505 e. The number of hydrogen-bond acceptors (Lipinski definition) is 2. The quantitative estimate of drug-likeness (QED) is 0.766. The maximum absolute atomic E-state index is 13.3. The Balaban J connectivity index is 2.36. The molecule has 1 saturated carbocycles. The first-order chi connectivity index (χ1) is 6.59. The maximum atomic E-state index is 13.3. The number of nitrogens with two attached hydrogens (primary N) is 1. The van der Waals surface area contributed by atoms with Crippen LogP contribution in [-0.2, 0) is 0 Å². The molecule has 0 aromatic heterocycles. The van der Waals surface area contributed by atoms with E-state index in [2.05, 4.69) is 0 Å². The molecule has 14 heavy (non-hydrogen) atoms. The lowest BCUT2D eigenvalue weighted by molar-refractivity contribution is 0.422. The second-order valence-corrected chi connectivity index (χ2v) is 3.69. The minimum atomic E-state index is -0.822. The third-order valence-corrected chi connectivity index (χ3v) is 2.56. The van der Waals surface area contributed by atoms with Crippen LogP contribution in [0.25, 0.3) is 0 Å². The Morgan fingerprint density at radius 2 is 1.93 bits per heavy atom. The summed E-state index contributed by atoms with van der Waals surface area (Å²) in [7, 11) is 0. The van der Waals surface area contributed by atoms with E-state index in [1.807, 2.05) is 0 Å². The zero-order valence-corrected chi connectivity index (χ0v) is 7.50. The van der Waals surface area contributed by atoms with Crippen molar-refractivity contribution in [2.75, 3.05) is 0 Å². The van der Waals surface area contributed by atoms with Crippen LogP contribution >= 0.6 is 0 Å². The Labute approximate surface area is 80.4 Å². The van der Waals surface area contributed by atoms with Crippen molar-refractivity contribution in [2.45, 2.75) is 18.9 Å². The molecule has 0 heterocycles. The van der Waals surface area contributed by atoms with Crippen LogP contribution in [-0.4, -0.2) is 5.11 Å². The molecule has 0 amide bonds. The lowest BCUT2D eigenvalue weighted by Gasteiger charge is -2.12. The van der Waals surface area contributed by atoms with Gasteiger partial charge >= 0.3 is 0 Å². The van der Waals surface area contributed by atoms with Gasteiger partial charge in [-0.1, -0.05) is 0 Å². The number of benzene rings is 1. The van der Waals surface area contributed by atoms with Crippen LogP contribution in [0.3, 0.4) is 0 Å². The second kappa shape index (κ2) is 3.20. The van der Waals surface area contributed by atoms with E-state index in [9.17, 15) is 8.78 Å². The molecule has 0 bridgehead atoms. The van der Waals surface area contributed by atoms with Crippen molar-refractivity contribution in [2.24, 2.45) is 11.7 Å². The molecule has 1 aromatic carbocycles. The van der Waals surface area contributed by atoms with Crippen LogP contribution in [0, 0.1) is 17.6 Å². The fraction of sp³-hybridized carbons (Fsp3) is 0.400. The Hall–Kier alpha value is -1.16. The Morgan fingerprint density at radius 1 is 1.29 bits per heavy atom. The van der Waals surface area contributed by atoms with Crippen molar-refractivity contribution in [3.05, 3.63) is 29.3 Å². The average molecular weight is 199 g/mol. The molecule has 4 heteroatoms. The number of hydrogen-bond donors (Lipinski definition) is 2. The number of phenols is 1. The maximum Gasteiger partial charge on any atom is 0.165 e. The second-order valence-electron chi connectivity index (χ2n) is 3.69. The van der Waals surface area contributed by atoms with E-state index >= 15 is 0 Å². The van der Waals surface area contributed by atoms with Crippen LogP contribution < -0.4 is 5.73 Å². The van der Waals surface area contributed by atoms with Gasteiger partial charge in [-0.05, 0) is 24.8 Å². The molecule has 1 fully saturated rings. The number of phenolic OH excluding ortho intramolecular Hbond substituents is 1. The molecule has 1 aromatic rings. The Bertz CT molecular complexity index is 363. The highest BCUT2D eigenvalue weighted by molar-refractivity contribution is 5.32. The summed E-state index contributed by atoms with van der Waals surface area (Å²) in [5.74, 6) is -1.87. The van der Waals surface area contributed by atoms with Gasteiger partial charge in [0.05, 0.1) is 0 Å². The highest BCUT2D eigenvalue weighted by atomic mass is 19.1. The van der Waals surface area contributed by atoms with Gasteiger partial charge in [-0.2, -0.15) is 0 Å². The summed E-state index contributed by atoms with van der Waals surface area (Å²) in [5, 5.41) is 8.90. The van der Waals surface area contributed by atoms with E-state index in [0.717, 1.165) is 25.0 Å². The Kier molecular flexibility index (Phi) is 2.15. The molecule has 1 atom stereocenters. The van der Waals surface area contributed by atoms with E-state index in [-0.39, 0.29) is 11.5 Å². The van der Waals surface area contributed by atoms with Crippen molar-refractivity contribution >= 4 is 0 Å². The first-order valence-electron chi connectivity index (χ1n) is 4.53. The van der Waals surface area contributed by atoms with E-state index in [4.69, 9.17) is 10.8 Å². The number of aromatic hydroxyl groups is 1. The molecule has 76 valence electrons. The van der Waals surface area contributed by atoms with Crippen molar-refractivity contribution in [3.63, 3.8) is 0 Å². The molecule has 3 N–H and O–H groups in total. The van der Waals surface area contributed by atoms with Gasteiger partial charge in [0.15, 0.2) is 11.6 Å². The van der Waals surface area contributed by atoms with Crippen molar-refractivity contribution in [1.82, 2.24) is 0 Å². The van der Waals surface area contributed by atoms with E-state index in [0.29, 0.717) is 0 Å². The number of halogens is 2. The predicted octanol–water partition coefficient (Wildman–Crippen LogP) is 2.08. The standard InChI is InChI=1S/C10H11F2NO/c11-7-4-9(14)8(12)3-6(7)10(13)5-1-2-5/h3-5,10,14H,1-2,13H2/t10-/m1/s1.